The van der Waals surface area contributed by atoms with Gasteiger partial charge in [-0.3, -0.25) is 9.59 Å². The first-order valence-corrected chi connectivity index (χ1v) is 8.21. The van der Waals surface area contributed by atoms with Crippen LogP contribution < -0.4 is 4.90 Å². The van der Waals surface area contributed by atoms with Crippen LogP contribution in [0.2, 0.25) is 0 Å². The maximum absolute atomic E-state index is 13.2. The zero-order valence-corrected chi connectivity index (χ0v) is 13.9. The lowest BCUT2D eigenvalue weighted by Crippen LogP contribution is -2.49. The van der Waals surface area contributed by atoms with Gasteiger partial charge in [0.05, 0.1) is 17.2 Å². The monoisotopic (exact) mass is 355 g/mol. The van der Waals surface area contributed by atoms with E-state index in [2.05, 4.69) is 4.90 Å². The van der Waals surface area contributed by atoms with E-state index in [0.29, 0.717) is 13.1 Å². The fraction of sp³-hybridized carbons (Fsp3) is 0.529. The summed E-state index contributed by atoms with van der Waals surface area (Å²) in [5.41, 5.74) is -1.02. The quantitative estimate of drug-likeness (QED) is 0.813. The summed E-state index contributed by atoms with van der Waals surface area (Å²) >= 11 is 0. The number of amides is 2. The van der Waals surface area contributed by atoms with E-state index in [1.165, 1.54) is 18.2 Å². The number of alkyl halides is 3. The van der Waals surface area contributed by atoms with Gasteiger partial charge in [0.1, 0.15) is 0 Å². The van der Waals surface area contributed by atoms with Crippen LogP contribution in [-0.4, -0.2) is 61.4 Å². The van der Waals surface area contributed by atoms with Gasteiger partial charge in [0, 0.05) is 39.1 Å². The topological polar surface area (TPSA) is 43.9 Å². The van der Waals surface area contributed by atoms with Gasteiger partial charge >= 0.3 is 6.18 Å². The van der Waals surface area contributed by atoms with Crippen molar-refractivity contribution in [3.8, 4) is 0 Å². The number of nitrogens with zero attached hydrogens (tertiary/aromatic N) is 3. The van der Waals surface area contributed by atoms with Crippen molar-refractivity contribution < 1.29 is 22.8 Å². The third-order valence-corrected chi connectivity index (χ3v) is 4.79. The van der Waals surface area contributed by atoms with Crippen molar-refractivity contribution in [1.82, 2.24) is 9.80 Å². The summed E-state index contributed by atoms with van der Waals surface area (Å²) in [7, 11) is 1.97. The van der Waals surface area contributed by atoms with Gasteiger partial charge in [-0.25, -0.2) is 0 Å². The highest BCUT2D eigenvalue weighted by atomic mass is 19.4. The molecule has 1 unspecified atom stereocenters. The van der Waals surface area contributed by atoms with Crippen molar-refractivity contribution in [1.29, 1.82) is 0 Å². The highest BCUT2D eigenvalue weighted by molar-refractivity contribution is 6.00. The smallest absolute Gasteiger partial charge is 0.340 e. The first-order valence-electron chi connectivity index (χ1n) is 8.21. The van der Waals surface area contributed by atoms with E-state index in [-0.39, 0.29) is 24.6 Å². The predicted molar refractivity (Wildman–Crippen MR) is 86.0 cm³/mol. The number of piperazine rings is 1. The van der Waals surface area contributed by atoms with Gasteiger partial charge in [0.2, 0.25) is 11.8 Å². The summed E-state index contributed by atoms with van der Waals surface area (Å²) in [6.45, 7) is 2.68. The van der Waals surface area contributed by atoms with Gasteiger partial charge in [-0.1, -0.05) is 12.1 Å². The summed E-state index contributed by atoms with van der Waals surface area (Å²) in [4.78, 5) is 29.8. The zero-order valence-electron chi connectivity index (χ0n) is 13.9. The van der Waals surface area contributed by atoms with Gasteiger partial charge in [-0.05, 0) is 19.2 Å². The number of carbonyl (C=O) groups is 2. The Balaban J connectivity index is 1.76. The Bertz CT molecular complexity index is 669. The SMILES string of the molecule is CN1CCN(C(=O)C2CC(=O)N(c3ccccc3C(F)(F)F)C2)CC1. The van der Waals surface area contributed by atoms with Crippen LogP contribution in [-0.2, 0) is 15.8 Å². The average Bonchev–Trinajstić information content (AvgIpc) is 2.96. The molecule has 2 fully saturated rings. The third kappa shape index (κ3) is 3.63. The second-order valence-electron chi connectivity index (χ2n) is 6.55. The highest BCUT2D eigenvalue weighted by Crippen LogP contribution is 2.38. The molecule has 0 aliphatic carbocycles. The van der Waals surface area contributed by atoms with Crippen LogP contribution in [0.5, 0.6) is 0 Å². The van der Waals surface area contributed by atoms with Gasteiger partial charge in [-0.2, -0.15) is 13.2 Å². The molecule has 1 aromatic carbocycles. The number of anilines is 1. The Morgan fingerprint density at radius 2 is 1.76 bits per heavy atom. The standard InChI is InChI=1S/C17H20F3N3O2/c1-21-6-8-22(9-7-21)16(25)12-10-15(24)23(11-12)14-5-3-2-4-13(14)17(18,19)20/h2-5,12H,6-11H2,1H3. The Labute approximate surface area is 144 Å². The van der Waals surface area contributed by atoms with Crippen LogP contribution in [0.15, 0.2) is 24.3 Å². The van der Waals surface area contributed by atoms with Crippen molar-refractivity contribution in [2.24, 2.45) is 5.92 Å². The maximum Gasteiger partial charge on any atom is 0.418 e. The van der Waals surface area contributed by atoms with Gasteiger partial charge < -0.3 is 14.7 Å². The fourth-order valence-electron chi connectivity index (χ4n) is 3.34. The van der Waals surface area contributed by atoms with Crippen molar-refractivity contribution >= 4 is 17.5 Å². The first kappa shape index (κ1) is 17.7. The molecule has 136 valence electrons. The number of halogens is 3. The van der Waals surface area contributed by atoms with Crippen LogP contribution in [0.3, 0.4) is 0 Å². The van der Waals surface area contributed by atoms with Crippen molar-refractivity contribution in [3.05, 3.63) is 29.8 Å². The minimum absolute atomic E-state index is 0.00288. The van der Waals surface area contributed by atoms with E-state index >= 15 is 0 Å². The van der Waals surface area contributed by atoms with Gasteiger partial charge in [0.25, 0.3) is 0 Å². The second kappa shape index (κ2) is 6.67. The molecule has 8 heteroatoms. The van der Waals surface area contributed by atoms with Crippen LogP contribution in [0, 0.1) is 5.92 Å². The van der Waals surface area contributed by atoms with E-state index in [9.17, 15) is 22.8 Å². The van der Waals surface area contributed by atoms with Crippen molar-refractivity contribution in [2.75, 3.05) is 44.7 Å². The summed E-state index contributed by atoms with van der Waals surface area (Å²) in [5.74, 6) is -1.17. The molecule has 5 nitrogen and oxygen atoms in total. The minimum atomic E-state index is -4.55. The molecule has 2 amide bonds. The lowest BCUT2D eigenvalue weighted by Gasteiger charge is -2.33. The number of hydrogen-bond acceptors (Lipinski definition) is 3. The van der Waals surface area contributed by atoms with Gasteiger partial charge in [0.15, 0.2) is 0 Å². The highest BCUT2D eigenvalue weighted by Gasteiger charge is 2.41. The molecule has 0 aromatic heterocycles. The molecule has 0 spiro atoms. The summed E-state index contributed by atoms with van der Waals surface area (Å²) < 4.78 is 39.6. The Morgan fingerprint density at radius 1 is 1.12 bits per heavy atom. The van der Waals surface area contributed by atoms with Crippen LogP contribution in [0.4, 0.5) is 18.9 Å². The Hall–Kier alpha value is -2.09. The number of hydrogen-bond donors (Lipinski definition) is 0. The van der Waals surface area contributed by atoms with E-state index in [0.717, 1.165) is 24.1 Å². The molecular formula is C17H20F3N3O2. The summed E-state index contributed by atoms with van der Waals surface area (Å²) in [6, 6.07) is 4.99. The summed E-state index contributed by atoms with van der Waals surface area (Å²) in [5, 5.41) is 0. The molecular weight excluding hydrogens is 335 g/mol. The molecule has 2 saturated heterocycles. The predicted octanol–water partition coefficient (Wildman–Crippen LogP) is 1.83. The van der Waals surface area contributed by atoms with E-state index in [1.807, 2.05) is 7.05 Å². The van der Waals surface area contributed by atoms with E-state index in [1.54, 1.807) is 4.90 Å². The largest absolute Gasteiger partial charge is 0.418 e. The number of benzene rings is 1. The molecule has 3 rings (SSSR count). The van der Waals surface area contributed by atoms with Crippen LogP contribution in [0.25, 0.3) is 0 Å². The molecule has 0 radical (unpaired) electrons. The molecule has 0 N–H and O–H groups in total. The van der Waals surface area contributed by atoms with Crippen molar-refractivity contribution in [2.45, 2.75) is 12.6 Å². The summed E-state index contributed by atoms with van der Waals surface area (Å²) in [6.07, 6.45) is -4.59. The van der Waals surface area contributed by atoms with Crippen LogP contribution >= 0.6 is 0 Å². The molecule has 25 heavy (non-hydrogen) atoms. The molecule has 1 atom stereocenters. The lowest BCUT2D eigenvalue weighted by molar-refractivity contribution is -0.137. The lowest BCUT2D eigenvalue weighted by atomic mass is 10.1. The minimum Gasteiger partial charge on any atom is -0.340 e. The molecule has 2 heterocycles. The molecule has 0 bridgehead atoms. The molecule has 2 aliphatic heterocycles. The molecule has 2 aliphatic rings. The molecule has 0 saturated carbocycles. The third-order valence-electron chi connectivity index (χ3n) is 4.79. The number of rotatable bonds is 2. The maximum atomic E-state index is 13.2. The Kier molecular flexibility index (Phi) is 4.73. The van der Waals surface area contributed by atoms with Crippen LogP contribution in [0.1, 0.15) is 12.0 Å². The second-order valence-corrected chi connectivity index (χ2v) is 6.55. The van der Waals surface area contributed by atoms with E-state index in [4.69, 9.17) is 0 Å². The fourth-order valence-corrected chi connectivity index (χ4v) is 3.34. The van der Waals surface area contributed by atoms with E-state index < -0.39 is 23.6 Å². The Morgan fingerprint density at radius 3 is 2.40 bits per heavy atom. The number of carbonyl (C=O) groups excluding carboxylic acids is 2. The van der Waals surface area contributed by atoms with Gasteiger partial charge in [-0.15, -0.1) is 0 Å². The van der Waals surface area contributed by atoms with Crippen molar-refractivity contribution in [3.63, 3.8) is 0 Å². The average molecular weight is 355 g/mol. The zero-order chi connectivity index (χ0) is 18.2. The normalized spacial score (nSPS) is 22.6. The molecule has 1 aromatic rings. The first-order chi connectivity index (χ1) is 11.8. The number of para-hydroxylation sites is 1. The number of likely N-dealkylation sites (N-methyl/N-ethyl adjacent to an activating group) is 1.